The van der Waals surface area contributed by atoms with Crippen LogP contribution in [0.2, 0.25) is 0 Å². The molecule has 0 aromatic heterocycles. The van der Waals surface area contributed by atoms with Gasteiger partial charge < -0.3 is 0 Å². The molecule has 5 aromatic carbocycles. The van der Waals surface area contributed by atoms with Crippen LogP contribution in [0, 0.1) is 0 Å². The number of hydrogen-bond acceptors (Lipinski definition) is 5. The van der Waals surface area contributed by atoms with Crippen molar-refractivity contribution >= 4 is 36.7 Å². The number of para-hydroxylation sites is 1. The third-order valence-corrected chi connectivity index (χ3v) is 11.0. The van der Waals surface area contributed by atoms with Gasteiger partial charge in [-0.1, -0.05) is 0 Å². The van der Waals surface area contributed by atoms with E-state index in [0.29, 0.717) is 8.29 Å². The predicted octanol–water partition coefficient (Wildman–Crippen LogP) is 8.21. The van der Waals surface area contributed by atoms with E-state index in [1.807, 2.05) is 70.5 Å². The summed E-state index contributed by atoms with van der Waals surface area (Å²) < 4.78 is 51.4. The quantitative estimate of drug-likeness (QED) is 0.184. The molecule has 3 heterocycles. The van der Waals surface area contributed by atoms with Crippen molar-refractivity contribution in [3.63, 3.8) is 0 Å². The molecular weight excluding hydrogens is 722 g/mol. The number of anilines is 5. The van der Waals surface area contributed by atoms with Crippen LogP contribution < -0.4 is 14.7 Å². The number of fused-ring (bicyclic) bond motifs is 8. The molecule has 0 aliphatic carbocycles. The van der Waals surface area contributed by atoms with Crippen molar-refractivity contribution in [1.82, 2.24) is 9.80 Å². The van der Waals surface area contributed by atoms with Crippen LogP contribution in [-0.2, 0) is 17.6 Å². The molecule has 0 spiro atoms. The monoisotopic (exact) mass is 758 g/mol. The normalized spacial score (nSPS) is 18.1. The standard InChI is InChI=1S/C38H31N5.Pt/c1-39-22-24-41(28-39)32-16-9-18-34(26-32)43(35-19-10-17-33(27-35)42-25-23-40(2)29-42)38-36(30-12-5-3-6-13-30)20-11-21-37(38)31-14-7-4-8-15-31;/h3-27H,1-2H3;/i1D3,2D3;. The Morgan fingerprint density at radius 3 is 1.41 bits per heavy atom. The number of benzene rings is 5. The minimum atomic E-state index is -2.47. The van der Waals surface area contributed by atoms with Crippen molar-refractivity contribution in [3.05, 3.63) is 152 Å². The van der Waals surface area contributed by atoms with Gasteiger partial charge in [-0.2, -0.15) is 0 Å². The zero-order valence-electron chi connectivity index (χ0n) is 29.5. The van der Waals surface area contributed by atoms with Gasteiger partial charge in [0, 0.05) is 0 Å². The van der Waals surface area contributed by atoms with Crippen molar-refractivity contribution in [2.75, 3.05) is 28.7 Å². The number of nitrogens with zero attached hydrogens (tertiary/aromatic N) is 5. The zero-order valence-corrected chi connectivity index (χ0v) is 25.8. The van der Waals surface area contributed by atoms with Gasteiger partial charge in [0.25, 0.3) is 0 Å². The fourth-order valence-corrected chi connectivity index (χ4v) is 8.58. The van der Waals surface area contributed by atoms with Crippen LogP contribution in [0.1, 0.15) is 8.22 Å². The predicted molar refractivity (Wildman–Crippen MR) is 181 cm³/mol. The minimum absolute atomic E-state index is 0.526. The molecule has 5 nitrogen and oxygen atoms in total. The fraction of sp³-hybridized carbons (Fsp3) is 0.0526. The number of rotatable bonds is 3. The summed E-state index contributed by atoms with van der Waals surface area (Å²) in [6.45, 7) is -4.94. The van der Waals surface area contributed by atoms with E-state index >= 15 is 0 Å². The van der Waals surface area contributed by atoms with Gasteiger partial charge in [0.05, 0.1) is 0 Å². The molecule has 3 aliphatic rings. The van der Waals surface area contributed by atoms with Crippen molar-refractivity contribution in [2.24, 2.45) is 0 Å². The number of hydrogen-bond donors (Lipinski definition) is 0. The molecule has 4 bridgehead atoms. The first-order valence-electron chi connectivity index (χ1n) is 17.2. The molecule has 0 radical (unpaired) electrons. The van der Waals surface area contributed by atoms with Gasteiger partial charge in [0.1, 0.15) is 0 Å². The Balaban J connectivity index is 1.45. The molecule has 44 heavy (non-hydrogen) atoms. The second-order valence-corrected chi connectivity index (χ2v) is 13.0. The Hall–Kier alpha value is -4.99. The van der Waals surface area contributed by atoms with E-state index in [9.17, 15) is 0 Å². The molecular formula is C38H31N5Pt. The Bertz CT molecular complexity index is 2080. The zero-order chi connectivity index (χ0) is 34.6. The van der Waals surface area contributed by atoms with Crippen LogP contribution in [0.3, 0.4) is 0 Å². The summed E-state index contributed by atoms with van der Waals surface area (Å²) in [5.74, 6) is 0. The molecule has 8 rings (SSSR count). The molecule has 0 atom stereocenters. The topological polar surface area (TPSA) is 16.2 Å². The van der Waals surface area contributed by atoms with Gasteiger partial charge >= 0.3 is 275 Å². The summed E-state index contributed by atoms with van der Waals surface area (Å²) in [5.41, 5.74) is 8.43. The van der Waals surface area contributed by atoms with Crippen LogP contribution >= 0.6 is 0 Å². The van der Waals surface area contributed by atoms with E-state index in [-0.39, 0.29) is 0 Å². The molecule has 6 heteroatoms. The SMILES string of the molecule is [2H]C([2H])([2H])N1C=CN2[C]1=[Pt]=[C]1N(C=CN1C([2H])([2H])[2H])c1cccc(c1)N(c1c(-c3ccccc3)cccc1-c1ccccc1)c1cccc2c1. The van der Waals surface area contributed by atoms with Gasteiger partial charge in [-0.3, -0.25) is 0 Å². The maximum atomic E-state index is 8.39. The first-order chi connectivity index (χ1) is 24.1. The molecule has 0 N–H and O–H groups in total. The van der Waals surface area contributed by atoms with Crippen molar-refractivity contribution in [1.29, 1.82) is 0 Å². The summed E-state index contributed by atoms with van der Waals surface area (Å²) in [4.78, 5) is 8.62. The summed E-state index contributed by atoms with van der Waals surface area (Å²) in [6.07, 6.45) is 6.66. The summed E-state index contributed by atoms with van der Waals surface area (Å²) in [5, 5.41) is 0. The third-order valence-electron chi connectivity index (χ3n) is 7.77. The van der Waals surface area contributed by atoms with Crippen molar-refractivity contribution in [3.8, 4) is 22.3 Å². The average molecular weight is 759 g/mol. The van der Waals surface area contributed by atoms with Crippen LogP contribution in [-0.4, -0.2) is 32.0 Å². The summed E-state index contributed by atoms with van der Waals surface area (Å²) in [6, 6.07) is 43.1. The van der Waals surface area contributed by atoms with E-state index in [0.717, 1.165) is 50.7 Å². The fourth-order valence-electron chi connectivity index (χ4n) is 5.77. The Morgan fingerprint density at radius 2 is 0.932 bits per heavy atom. The van der Waals surface area contributed by atoms with E-state index in [2.05, 4.69) is 71.6 Å². The van der Waals surface area contributed by atoms with Crippen LogP contribution in [0.15, 0.2) is 152 Å². The molecule has 0 unspecified atom stereocenters. The van der Waals surface area contributed by atoms with Crippen molar-refractivity contribution in [2.45, 2.75) is 0 Å². The van der Waals surface area contributed by atoms with Crippen LogP contribution in [0.25, 0.3) is 22.3 Å². The second kappa shape index (κ2) is 10.9. The van der Waals surface area contributed by atoms with Gasteiger partial charge in [-0.15, -0.1) is 0 Å². The molecule has 0 saturated heterocycles. The third kappa shape index (κ3) is 4.52. The van der Waals surface area contributed by atoms with Gasteiger partial charge in [0.15, 0.2) is 0 Å². The van der Waals surface area contributed by atoms with E-state index in [1.165, 1.54) is 9.80 Å². The first kappa shape index (κ1) is 20.8. The molecule has 0 amide bonds. The average Bonchev–Trinajstić information content (AvgIpc) is 3.75. The molecule has 218 valence electrons. The Labute approximate surface area is 274 Å². The molecule has 0 fully saturated rings. The van der Waals surface area contributed by atoms with E-state index < -0.39 is 31.6 Å². The maximum absolute atomic E-state index is 8.39. The van der Waals surface area contributed by atoms with Crippen LogP contribution in [0.5, 0.6) is 0 Å². The van der Waals surface area contributed by atoms with Gasteiger partial charge in [0.2, 0.25) is 0 Å². The Morgan fingerprint density at radius 1 is 0.477 bits per heavy atom. The summed E-state index contributed by atoms with van der Waals surface area (Å²) in [7, 11) is 0. The molecule has 5 aromatic rings. The van der Waals surface area contributed by atoms with E-state index in [1.54, 1.807) is 24.8 Å². The van der Waals surface area contributed by atoms with Gasteiger partial charge in [-0.25, -0.2) is 0 Å². The Kier molecular flexibility index (Phi) is 5.18. The summed E-state index contributed by atoms with van der Waals surface area (Å²) >= 11 is -1.38. The van der Waals surface area contributed by atoms with Crippen molar-refractivity contribution < 1.29 is 25.9 Å². The molecule has 3 aliphatic heterocycles. The van der Waals surface area contributed by atoms with Gasteiger partial charge in [-0.05, 0) is 0 Å². The van der Waals surface area contributed by atoms with E-state index in [4.69, 9.17) is 8.22 Å². The first-order valence-corrected chi connectivity index (χ1v) is 16.5. The second-order valence-electron chi connectivity index (χ2n) is 10.4. The van der Waals surface area contributed by atoms with Crippen LogP contribution in [0.4, 0.5) is 28.4 Å². The molecule has 0 saturated carbocycles.